The number of aliphatic hydroxyl groups is 2. The topological polar surface area (TPSA) is 76.0 Å². The zero-order valence-electron chi connectivity index (χ0n) is 24.7. The van der Waals surface area contributed by atoms with Crippen molar-refractivity contribution in [2.45, 2.75) is 137 Å². The van der Waals surface area contributed by atoms with Crippen molar-refractivity contribution < 1.29 is 28.9 Å². The maximum Gasteiger partial charge on any atom is 0.303 e. The van der Waals surface area contributed by atoms with E-state index >= 15 is 4.39 Å². The predicted molar refractivity (Wildman–Crippen MR) is 143 cm³/mol. The Morgan fingerprint density at radius 1 is 1.08 bits per heavy atom. The molecule has 5 aliphatic carbocycles. The molecule has 1 heterocycles. The van der Waals surface area contributed by atoms with Gasteiger partial charge in [-0.1, -0.05) is 34.6 Å². The lowest BCUT2D eigenvalue weighted by Gasteiger charge is -2.63. The smallest absolute Gasteiger partial charge is 0.303 e. The lowest BCUT2D eigenvalue weighted by atomic mass is 9.41. The second kappa shape index (κ2) is 7.78. The highest BCUT2D eigenvalue weighted by Gasteiger charge is 2.83. The van der Waals surface area contributed by atoms with Gasteiger partial charge < -0.3 is 19.7 Å². The molecule has 6 rings (SSSR count). The molecule has 4 fully saturated rings. The SMILES string of the molecule is CC(=O)O[C@@H]([C@H]1C[C@@H](C)C2=C(O1)[C@H](O)[C@@]1(C)[C@@H]3CC[C@H]4C(C)(C)[C@@H](F)CC[C@@]45C[C@@]35CC[C@]21C)C(C)(C)O. The highest BCUT2D eigenvalue weighted by atomic mass is 19.1. The normalized spacial score (nSPS) is 51.4. The number of halogens is 1. The number of hydrogen-bond donors (Lipinski definition) is 2. The van der Waals surface area contributed by atoms with Crippen LogP contribution in [0.5, 0.6) is 0 Å². The molecule has 0 aromatic heterocycles. The van der Waals surface area contributed by atoms with Gasteiger partial charge >= 0.3 is 5.97 Å². The molecule has 2 spiro atoms. The lowest BCUT2D eigenvalue weighted by molar-refractivity contribution is -0.182. The fraction of sp³-hybridized carbons (Fsp3) is 0.906. The van der Waals surface area contributed by atoms with Crippen LogP contribution in [0.3, 0.4) is 0 Å². The maximum absolute atomic E-state index is 15.2. The van der Waals surface area contributed by atoms with Crippen LogP contribution in [-0.4, -0.2) is 46.3 Å². The minimum absolute atomic E-state index is 0.144. The summed E-state index contributed by atoms with van der Waals surface area (Å²) in [5.74, 6) is 1.15. The standard InChI is InChI=1S/C32H49FO5/c1-17-15-19(26(28(5,6)36)37-18(2)34)38-24-23(17)29(7)13-14-32-16-31(32)12-11-22(33)27(3,4)20(31)9-10-21(32)30(29,8)25(24)35/h17,19-22,25-26,35-36H,9-16H2,1-8H3/t17-,19-,20+,21+,22+,25+,26+,29-,30-,31-,32+/m1/s1. The maximum atomic E-state index is 15.2. The van der Waals surface area contributed by atoms with Gasteiger partial charge in [0.2, 0.25) is 0 Å². The Balaban J connectivity index is 1.36. The summed E-state index contributed by atoms with van der Waals surface area (Å²) in [4.78, 5) is 11.9. The largest absolute Gasteiger partial charge is 0.488 e. The molecule has 6 heteroatoms. The van der Waals surface area contributed by atoms with Crippen molar-refractivity contribution in [3.05, 3.63) is 11.3 Å². The van der Waals surface area contributed by atoms with E-state index in [-0.39, 0.29) is 33.0 Å². The van der Waals surface area contributed by atoms with E-state index < -0.39 is 36.1 Å². The van der Waals surface area contributed by atoms with E-state index in [4.69, 9.17) is 9.47 Å². The van der Waals surface area contributed by atoms with Crippen molar-refractivity contribution in [1.29, 1.82) is 0 Å². The van der Waals surface area contributed by atoms with Crippen LogP contribution < -0.4 is 0 Å². The van der Waals surface area contributed by atoms with Gasteiger partial charge in [-0.15, -0.1) is 0 Å². The number of hydrogen-bond acceptors (Lipinski definition) is 5. The molecule has 4 saturated carbocycles. The third-order valence-electron chi connectivity index (χ3n) is 13.5. The number of fused-ring (bicyclic) bond motifs is 3. The first-order chi connectivity index (χ1) is 17.5. The fourth-order valence-corrected chi connectivity index (χ4v) is 11.7. The van der Waals surface area contributed by atoms with E-state index in [0.29, 0.717) is 30.4 Å². The highest BCUT2D eigenvalue weighted by Crippen LogP contribution is 2.89. The molecular weight excluding hydrogens is 483 g/mol. The number of carbonyl (C=O) groups is 1. The lowest BCUT2D eigenvalue weighted by Crippen LogP contribution is -2.59. The quantitative estimate of drug-likeness (QED) is 0.429. The van der Waals surface area contributed by atoms with Crippen molar-refractivity contribution in [1.82, 2.24) is 0 Å². The molecule has 0 radical (unpaired) electrons. The molecule has 38 heavy (non-hydrogen) atoms. The molecule has 2 N–H and O–H groups in total. The van der Waals surface area contributed by atoms with Gasteiger partial charge in [-0.05, 0) is 105 Å². The Labute approximate surface area is 227 Å². The summed E-state index contributed by atoms with van der Waals surface area (Å²) < 4.78 is 27.4. The number of carbonyl (C=O) groups excluding carboxylic acids is 1. The summed E-state index contributed by atoms with van der Waals surface area (Å²) in [6, 6.07) is 0. The van der Waals surface area contributed by atoms with Crippen LogP contribution in [0.1, 0.15) is 107 Å². The van der Waals surface area contributed by atoms with Crippen LogP contribution in [0.25, 0.3) is 0 Å². The second-order valence-electron chi connectivity index (χ2n) is 15.8. The molecule has 5 nitrogen and oxygen atoms in total. The Kier molecular flexibility index (Phi) is 5.54. The van der Waals surface area contributed by atoms with Gasteiger partial charge in [0, 0.05) is 17.8 Å². The third-order valence-corrected chi connectivity index (χ3v) is 13.5. The molecular formula is C32H49FO5. The molecule has 0 aromatic carbocycles. The summed E-state index contributed by atoms with van der Waals surface area (Å²) in [6.07, 6.45) is 4.88. The first-order valence-electron chi connectivity index (χ1n) is 15.1. The number of rotatable bonds is 3. The first kappa shape index (κ1) is 27.1. The van der Waals surface area contributed by atoms with Gasteiger partial charge in [0.25, 0.3) is 0 Å². The Morgan fingerprint density at radius 2 is 1.71 bits per heavy atom. The highest BCUT2D eigenvalue weighted by molar-refractivity contribution is 5.66. The molecule has 1 aliphatic heterocycles. The summed E-state index contributed by atoms with van der Waals surface area (Å²) >= 11 is 0. The van der Waals surface area contributed by atoms with E-state index in [2.05, 4.69) is 34.6 Å². The van der Waals surface area contributed by atoms with Crippen LogP contribution in [-0.2, 0) is 14.3 Å². The monoisotopic (exact) mass is 532 g/mol. The Hall–Kier alpha value is -1.14. The fourth-order valence-electron chi connectivity index (χ4n) is 11.7. The number of esters is 1. The summed E-state index contributed by atoms with van der Waals surface area (Å²) in [5, 5.41) is 23.1. The predicted octanol–water partition coefficient (Wildman–Crippen LogP) is 6.11. The summed E-state index contributed by atoms with van der Waals surface area (Å²) in [7, 11) is 0. The van der Waals surface area contributed by atoms with Crippen molar-refractivity contribution in [2.24, 2.45) is 44.8 Å². The zero-order chi connectivity index (χ0) is 27.8. The van der Waals surface area contributed by atoms with E-state index in [9.17, 15) is 15.0 Å². The van der Waals surface area contributed by atoms with Crippen LogP contribution >= 0.6 is 0 Å². The molecule has 11 atom stereocenters. The molecule has 0 unspecified atom stereocenters. The van der Waals surface area contributed by atoms with E-state index in [1.54, 1.807) is 13.8 Å². The van der Waals surface area contributed by atoms with Gasteiger partial charge in [-0.2, -0.15) is 0 Å². The number of aliphatic hydroxyl groups excluding tert-OH is 1. The van der Waals surface area contributed by atoms with E-state index in [0.717, 1.165) is 32.1 Å². The van der Waals surface area contributed by atoms with Gasteiger partial charge in [0.15, 0.2) is 6.10 Å². The zero-order valence-corrected chi connectivity index (χ0v) is 24.7. The minimum atomic E-state index is -1.27. The summed E-state index contributed by atoms with van der Waals surface area (Å²) in [6.45, 7) is 15.8. The van der Waals surface area contributed by atoms with Crippen molar-refractivity contribution in [3.63, 3.8) is 0 Å². The van der Waals surface area contributed by atoms with Crippen LogP contribution in [0, 0.1) is 44.8 Å². The number of alkyl halides is 1. The van der Waals surface area contributed by atoms with Crippen LogP contribution in [0.2, 0.25) is 0 Å². The van der Waals surface area contributed by atoms with Gasteiger partial charge in [-0.3, -0.25) is 4.79 Å². The average Bonchev–Trinajstić information content (AvgIpc) is 3.44. The molecule has 0 amide bonds. The minimum Gasteiger partial charge on any atom is -0.488 e. The van der Waals surface area contributed by atoms with Crippen molar-refractivity contribution >= 4 is 5.97 Å². The van der Waals surface area contributed by atoms with E-state index in [1.165, 1.54) is 18.9 Å². The Bertz CT molecular complexity index is 1080. The number of ether oxygens (including phenoxy) is 2. The average molecular weight is 533 g/mol. The summed E-state index contributed by atoms with van der Waals surface area (Å²) in [5.41, 5.74) is -0.469. The molecule has 6 aliphatic rings. The molecule has 0 bridgehead atoms. The van der Waals surface area contributed by atoms with Crippen LogP contribution in [0.4, 0.5) is 4.39 Å². The second-order valence-corrected chi connectivity index (χ2v) is 15.8. The van der Waals surface area contributed by atoms with E-state index in [1.807, 2.05) is 0 Å². The van der Waals surface area contributed by atoms with Crippen molar-refractivity contribution in [2.75, 3.05) is 0 Å². The van der Waals surface area contributed by atoms with Gasteiger partial charge in [0.1, 0.15) is 24.1 Å². The molecule has 214 valence electrons. The van der Waals surface area contributed by atoms with Crippen LogP contribution in [0.15, 0.2) is 11.3 Å². The first-order valence-corrected chi connectivity index (χ1v) is 15.1. The molecule has 0 aromatic rings. The van der Waals surface area contributed by atoms with Gasteiger partial charge in [0.05, 0.1) is 5.60 Å². The Morgan fingerprint density at radius 3 is 2.34 bits per heavy atom. The van der Waals surface area contributed by atoms with Gasteiger partial charge in [-0.25, -0.2) is 4.39 Å². The number of allylic oxidation sites excluding steroid dienone is 1. The van der Waals surface area contributed by atoms with Crippen molar-refractivity contribution in [3.8, 4) is 0 Å². The molecule has 0 saturated heterocycles. The third kappa shape index (κ3) is 3.03.